The summed E-state index contributed by atoms with van der Waals surface area (Å²) in [5.41, 5.74) is 1.22. The Balaban J connectivity index is 1.94. The molecule has 2 heterocycles. The normalized spacial score (nSPS) is 19.7. The topological polar surface area (TPSA) is 55.8 Å². The van der Waals surface area contributed by atoms with Crippen LogP contribution in [0.5, 0.6) is 0 Å². The summed E-state index contributed by atoms with van der Waals surface area (Å²) in [5, 5.41) is 0. The summed E-state index contributed by atoms with van der Waals surface area (Å²) in [6.07, 6.45) is 4.19. The second-order valence-corrected chi connectivity index (χ2v) is 5.69. The van der Waals surface area contributed by atoms with Gasteiger partial charge in [0.15, 0.2) is 0 Å². The summed E-state index contributed by atoms with van der Waals surface area (Å²) >= 11 is 0. The van der Waals surface area contributed by atoms with Crippen LogP contribution >= 0.6 is 0 Å². The van der Waals surface area contributed by atoms with Gasteiger partial charge < -0.3 is 14.4 Å². The van der Waals surface area contributed by atoms with Gasteiger partial charge in [0.25, 0.3) is 0 Å². The molecule has 0 aromatic heterocycles. The Kier molecular flexibility index (Phi) is 3.64. The maximum Gasteiger partial charge on any atom is 0.410 e. The van der Waals surface area contributed by atoms with Crippen molar-refractivity contribution in [3.05, 3.63) is 23.5 Å². The Morgan fingerprint density at radius 2 is 1.95 bits per heavy atom. The van der Waals surface area contributed by atoms with Crippen molar-refractivity contribution >= 4 is 12.1 Å². The molecule has 0 radical (unpaired) electrons. The summed E-state index contributed by atoms with van der Waals surface area (Å²) in [6, 6.07) is 0. The largest absolute Gasteiger partial charge is 0.444 e. The number of ether oxygens (including phenoxy) is 2. The number of hydrogen-bond acceptors (Lipinski definition) is 4. The van der Waals surface area contributed by atoms with Crippen LogP contribution in [0.1, 0.15) is 33.6 Å². The Morgan fingerprint density at radius 1 is 1.32 bits per heavy atom. The van der Waals surface area contributed by atoms with E-state index in [1.807, 2.05) is 20.8 Å². The van der Waals surface area contributed by atoms with E-state index < -0.39 is 5.60 Å². The highest BCUT2D eigenvalue weighted by molar-refractivity contribution is 5.95. The van der Waals surface area contributed by atoms with E-state index in [1.165, 1.54) is 6.26 Å². The molecule has 0 bridgehead atoms. The first-order valence-electron chi connectivity index (χ1n) is 6.44. The van der Waals surface area contributed by atoms with Gasteiger partial charge in [0.1, 0.15) is 5.60 Å². The molecular weight excluding hydrogens is 246 g/mol. The molecule has 0 spiro atoms. The molecular formula is C14H19NO4. The molecule has 1 amide bonds. The molecule has 2 aliphatic heterocycles. The summed E-state index contributed by atoms with van der Waals surface area (Å²) in [5.74, 6) is -0.291. The minimum Gasteiger partial charge on any atom is -0.444 e. The van der Waals surface area contributed by atoms with E-state index in [-0.39, 0.29) is 12.1 Å². The lowest BCUT2D eigenvalue weighted by Gasteiger charge is -2.31. The van der Waals surface area contributed by atoms with Gasteiger partial charge in [-0.05, 0) is 39.7 Å². The van der Waals surface area contributed by atoms with E-state index in [2.05, 4.69) is 0 Å². The van der Waals surface area contributed by atoms with Crippen LogP contribution in [0.25, 0.3) is 0 Å². The smallest absolute Gasteiger partial charge is 0.410 e. The second-order valence-electron chi connectivity index (χ2n) is 5.69. The van der Waals surface area contributed by atoms with E-state index in [9.17, 15) is 9.59 Å². The summed E-state index contributed by atoms with van der Waals surface area (Å²) < 4.78 is 10.1. The lowest BCUT2D eigenvalue weighted by atomic mass is 9.98. The van der Waals surface area contributed by atoms with Crippen molar-refractivity contribution in [3.63, 3.8) is 0 Å². The molecule has 0 aliphatic carbocycles. The van der Waals surface area contributed by atoms with E-state index in [0.29, 0.717) is 31.5 Å². The van der Waals surface area contributed by atoms with E-state index in [4.69, 9.17) is 9.47 Å². The van der Waals surface area contributed by atoms with E-state index >= 15 is 0 Å². The second kappa shape index (κ2) is 5.07. The van der Waals surface area contributed by atoms with Crippen LogP contribution in [0.3, 0.4) is 0 Å². The molecule has 19 heavy (non-hydrogen) atoms. The average Bonchev–Trinajstić information content (AvgIpc) is 2.73. The molecule has 2 rings (SSSR count). The maximum absolute atomic E-state index is 11.9. The number of esters is 1. The zero-order valence-corrected chi connectivity index (χ0v) is 11.6. The number of nitrogens with zero attached hydrogens (tertiary/aromatic N) is 1. The fourth-order valence-corrected chi connectivity index (χ4v) is 2.11. The predicted molar refractivity (Wildman–Crippen MR) is 69.3 cm³/mol. The molecule has 5 nitrogen and oxygen atoms in total. The molecule has 0 saturated carbocycles. The van der Waals surface area contributed by atoms with Crippen molar-refractivity contribution in [1.82, 2.24) is 4.90 Å². The van der Waals surface area contributed by atoms with Gasteiger partial charge in [-0.1, -0.05) is 5.57 Å². The Morgan fingerprint density at radius 3 is 2.42 bits per heavy atom. The SMILES string of the molecule is CC(C)(C)OC(=O)N1CCC(=C2C=COC2=O)CC1. The summed E-state index contributed by atoms with van der Waals surface area (Å²) in [7, 11) is 0. The van der Waals surface area contributed by atoms with Crippen molar-refractivity contribution in [2.45, 2.75) is 39.2 Å². The molecule has 2 aliphatic rings. The molecule has 1 saturated heterocycles. The van der Waals surface area contributed by atoms with Crippen molar-refractivity contribution in [1.29, 1.82) is 0 Å². The first kappa shape index (κ1) is 13.6. The van der Waals surface area contributed by atoms with Gasteiger partial charge in [-0.3, -0.25) is 0 Å². The highest BCUT2D eigenvalue weighted by Crippen LogP contribution is 2.25. The minimum absolute atomic E-state index is 0.291. The van der Waals surface area contributed by atoms with Gasteiger partial charge in [0.05, 0.1) is 11.8 Å². The van der Waals surface area contributed by atoms with Gasteiger partial charge in [-0.2, -0.15) is 0 Å². The first-order chi connectivity index (χ1) is 8.87. The van der Waals surface area contributed by atoms with Gasteiger partial charge in [0.2, 0.25) is 0 Å². The van der Waals surface area contributed by atoms with Crippen LogP contribution in [0.15, 0.2) is 23.5 Å². The molecule has 0 aromatic rings. The number of piperidine rings is 1. The van der Waals surface area contributed by atoms with Gasteiger partial charge in [-0.15, -0.1) is 0 Å². The quantitative estimate of drug-likeness (QED) is 0.498. The molecule has 0 atom stereocenters. The Bertz CT molecular complexity index is 447. The highest BCUT2D eigenvalue weighted by atomic mass is 16.6. The average molecular weight is 265 g/mol. The number of carbonyl (C=O) groups excluding carboxylic acids is 2. The maximum atomic E-state index is 11.9. The molecule has 0 aromatic carbocycles. The number of rotatable bonds is 0. The highest BCUT2D eigenvalue weighted by Gasteiger charge is 2.27. The van der Waals surface area contributed by atoms with Crippen LogP contribution in [0, 0.1) is 0 Å². The molecule has 0 unspecified atom stereocenters. The fourth-order valence-electron chi connectivity index (χ4n) is 2.11. The Hall–Kier alpha value is -1.78. The third kappa shape index (κ3) is 3.36. The minimum atomic E-state index is -0.478. The van der Waals surface area contributed by atoms with Crippen molar-refractivity contribution in [3.8, 4) is 0 Å². The van der Waals surface area contributed by atoms with Crippen molar-refractivity contribution < 1.29 is 19.1 Å². The van der Waals surface area contributed by atoms with Crippen LogP contribution in [-0.4, -0.2) is 35.7 Å². The Labute approximate surface area is 112 Å². The molecule has 104 valence electrons. The third-order valence-electron chi connectivity index (χ3n) is 3.03. The predicted octanol–water partition coefficient (Wildman–Crippen LogP) is 2.38. The molecule has 0 N–H and O–H groups in total. The summed E-state index contributed by atoms with van der Waals surface area (Å²) in [4.78, 5) is 25.0. The van der Waals surface area contributed by atoms with E-state index in [1.54, 1.807) is 11.0 Å². The van der Waals surface area contributed by atoms with Gasteiger partial charge in [-0.25, -0.2) is 9.59 Å². The van der Waals surface area contributed by atoms with Gasteiger partial charge in [0, 0.05) is 13.1 Å². The van der Waals surface area contributed by atoms with Crippen LogP contribution in [0.4, 0.5) is 4.79 Å². The van der Waals surface area contributed by atoms with Crippen molar-refractivity contribution in [2.24, 2.45) is 0 Å². The number of cyclic esters (lactones) is 1. The van der Waals surface area contributed by atoms with Crippen molar-refractivity contribution in [2.75, 3.05) is 13.1 Å². The van der Waals surface area contributed by atoms with E-state index in [0.717, 1.165) is 5.57 Å². The lowest BCUT2D eigenvalue weighted by molar-refractivity contribution is -0.132. The summed E-state index contributed by atoms with van der Waals surface area (Å²) in [6.45, 7) is 6.70. The standard InChI is InChI=1S/C14H19NO4/c1-14(2,3)19-13(17)15-7-4-10(5-8-15)11-6-9-18-12(11)16/h6,9H,4-5,7-8H2,1-3H3. The van der Waals surface area contributed by atoms with Crippen LogP contribution < -0.4 is 0 Å². The number of likely N-dealkylation sites (tertiary alicyclic amines) is 1. The number of amides is 1. The fraction of sp³-hybridized carbons (Fsp3) is 0.571. The number of hydrogen-bond donors (Lipinski definition) is 0. The zero-order valence-electron chi connectivity index (χ0n) is 11.6. The molecule has 1 fully saturated rings. The van der Waals surface area contributed by atoms with Crippen LogP contribution in [-0.2, 0) is 14.3 Å². The molecule has 5 heteroatoms. The zero-order chi connectivity index (χ0) is 14.0. The monoisotopic (exact) mass is 265 g/mol. The van der Waals surface area contributed by atoms with Gasteiger partial charge >= 0.3 is 12.1 Å². The third-order valence-corrected chi connectivity index (χ3v) is 3.03. The first-order valence-corrected chi connectivity index (χ1v) is 6.44. The lowest BCUT2D eigenvalue weighted by Crippen LogP contribution is -2.40. The van der Waals surface area contributed by atoms with Crippen LogP contribution in [0.2, 0.25) is 0 Å². The number of carbonyl (C=O) groups is 2.